The molecule has 0 bridgehead atoms. The van der Waals surface area contributed by atoms with Gasteiger partial charge in [0.2, 0.25) is 0 Å². The highest BCUT2D eigenvalue weighted by Crippen LogP contribution is 2.23. The second-order valence-corrected chi connectivity index (χ2v) is 4.84. The second-order valence-electron chi connectivity index (χ2n) is 4.43. The number of hydrogen-bond donors (Lipinski definition) is 1. The van der Waals surface area contributed by atoms with E-state index in [0.717, 1.165) is 5.69 Å². The summed E-state index contributed by atoms with van der Waals surface area (Å²) in [6, 6.07) is 6.51. The molecule has 4 heteroatoms. The molecule has 0 aliphatic carbocycles. The standard InChI is InChI=1S/C14H16ClFN2/c1-9-6-11(10(2)18(9)3)8-17-14-5-4-12(16)7-13(14)15/h4-7,17H,8H2,1-3H3. The molecule has 0 aliphatic heterocycles. The summed E-state index contributed by atoms with van der Waals surface area (Å²) in [7, 11) is 2.04. The minimum atomic E-state index is -0.322. The van der Waals surface area contributed by atoms with E-state index < -0.39 is 0 Å². The molecule has 0 aliphatic rings. The van der Waals surface area contributed by atoms with Gasteiger partial charge in [0, 0.05) is 25.0 Å². The van der Waals surface area contributed by atoms with Crippen molar-refractivity contribution < 1.29 is 4.39 Å². The Kier molecular flexibility index (Phi) is 3.62. The molecule has 0 unspecified atom stereocenters. The summed E-state index contributed by atoms with van der Waals surface area (Å²) in [5.74, 6) is -0.322. The van der Waals surface area contributed by atoms with E-state index in [9.17, 15) is 4.39 Å². The van der Waals surface area contributed by atoms with E-state index in [1.54, 1.807) is 6.07 Å². The van der Waals surface area contributed by atoms with Crippen LogP contribution >= 0.6 is 11.6 Å². The highest BCUT2D eigenvalue weighted by Gasteiger charge is 2.07. The number of aromatic nitrogens is 1. The third kappa shape index (κ3) is 2.51. The number of hydrogen-bond acceptors (Lipinski definition) is 1. The number of halogens is 2. The van der Waals surface area contributed by atoms with Crippen molar-refractivity contribution in [1.29, 1.82) is 0 Å². The Bertz CT molecular complexity index is 575. The lowest BCUT2D eigenvalue weighted by atomic mass is 10.2. The molecular formula is C14H16ClFN2. The van der Waals surface area contributed by atoms with E-state index in [1.807, 2.05) is 7.05 Å². The van der Waals surface area contributed by atoms with Crippen LogP contribution < -0.4 is 5.32 Å². The average molecular weight is 267 g/mol. The van der Waals surface area contributed by atoms with E-state index in [2.05, 4.69) is 29.8 Å². The number of benzene rings is 1. The van der Waals surface area contributed by atoms with Gasteiger partial charge >= 0.3 is 0 Å². The van der Waals surface area contributed by atoms with Crippen molar-refractivity contribution >= 4 is 17.3 Å². The highest BCUT2D eigenvalue weighted by molar-refractivity contribution is 6.33. The lowest BCUT2D eigenvalue weighted by Gasteiger charge is -2.08. The van der Waals surface area contributed by atoms with Gasteiger partial charge in [-0.25, -0.2) is 4.39 Å². The molecule has 18 heavy (non-hydrogen) atoms. The molecule has 1 N–H and O–H groups in total. The maximum Gasteiger partial charge on any atom is 0.124 e. The van der Waals surface area contributed by atoms with Crippen molar-refractivity contribution in [1.82, 2.24) is 4.57 Å². The summed E-state index contributed by atoms with van der Waals surface area (Å²) < 4.78 is 15.1. The predicted molar refractivity (Wildman–Crippen MR) is 73.6 cm³/mol. The monoisotopic (exact) mass is 266 g/mol. The largest absolute Gasteiger partial charge is 0.380 e. The third-order valence-electron chi connectivity index (χ3n) is 3.28. The van der Waals surface area contributed by atoms with E-state index in [4.69, 9.17) is 11.6 Å². The van der Waals surface area contributed by atoms with Crippen LogP contribution in [0.15, 0.2) is 24.3 Å². The number of aryl methyl sites for hydroxylation is 1. The van der Waals surface area contributed by atoms with Gasteiger partial charge in [-0.15, -0.1) is 0 Å². The highest BCUT2D eigenvalue weighted by atomic mass is 35.5. The Morgan fingerprint density at radius 1 is 1.28 bits per heavy atom. The van der Waals surface area contributed by atoms with Crippen LogP contribution in [0.5, 0.6) is 0 Å². The van der Waals surface area contributed by atoms with E-state index in [1.165, 1.54) is 29.1 Å². The first-order valence-corrected chi connectivity index (χ1v) is 6.17. The Morgan fingerprint density at radius 2 is 2.00 bits per heavy atom. The molecule has 2 nitrogen and oxygen atoms in total. The van der Waals surface area contributed by atoms with Crippen molar-refractivity contribution in [2.24, 2.45) is 7.05 Å². The molecule has 2 rings (SSSR count). The molecule has 0 spiro atoms. The first-order valence-electron chi connectivity index (χ1n) is 5.79. The van der Waals surface area contributed by atoms with Crippen LogP contribution in [0, 0.1) is 19.7 Å². The van der Waals surface area contributed by atoms with Gasteiger partial charge in [-0.05, 0) is 43.7 Å². The normalized spacial score (nSPS) is 10.7. The molecule has 96 valence electrons. The van der Waals surface area contributed by atoms with Crippen LogP contribution in [-0.2, 0) is 13.6 Å². The Morgan fingerprint density at radius 3 is 2.56 bits per heavy atom. The fourth-order valence-corrected chi connectivity index (χ4v) is 2.17. The first-order chi connectivity index (χ1) is 8.49. The quantitative estimate of drug-likeness (QED) is 0.887. The van der Waals surface area contributed by atoms with Gasteiger partial charge in [0.05, 0.1) is 10.7 Å². The molecule has 1 heterocycles. The number of nitrogens with one attached hydrogen (secondary N) is 1. The fourth-order valence-electron chi connectivity index (χ4n) is 1.94. The molecule has 0 saturated heterocycles. The Labute approximate surface area is 111 Å². The Hall–Kier alpha value is -1.48. The molecular weight excluding hydrogens is 251 g/mol. The van der Waals surface area contributed by atoms with Gasteiger partial charge in [-0.3, -0.25) is 0 Å². The van der Waals surface area contributed by atoms with Crippen molar-refractivity contribution in [3.8, 4) is 0 Å². The van der Waals surface area contributed by atoms with Crippen molar-refractivity contribution in [2.45, 2.75) is 20.4 Å². The van der Waals surface area contributed by atoms with Gasteiger partial charge in [0.1, 0.15) is 5.82 Å². The summed E-state index contributed by atoms with van der Waals surface area (Å²) in [5, 5.41) is 3.63. The fraction of sp³-hybridized carbons (Fsp3) is 0.286. The summed E-state index contributed by atoms with van der Waals surface area (Å²) in [4.78, 5) is 0. The van der Waals surface area contributed by atoms with E-state index in [0.29, 0.717) is 11.6 Å². The van der Waals surface area contributed by atoms with Crippen molar-refractivity contribution in [3.05, 3.63) is 52.1 Å². The van der Waals surface area contributed by atoms with Gasteiger partial charge in [0.15, 0.2) is 0 Å². The summed E-state index contributed by atoms with van der Waals surface area (Å²) in [6.45, 7) is 4.83. The summed E-state index contributed by atoms with van der Waals surface area (Å²) in [5.41, 5.74) is 4.40. The van der Waals surface area contributed by atoms with Crippen LogP contribution in [0.25, 0.3) is 0 Å². The van der Waals surface area contributed by atoms with E-state index >= 15 is 0 Å². The average Bonchev–Trinajstić information content (AvgIpc) is 2.56. The van der Waals surface area contributed by atoms with Crippen LogP contribution in [0.2, 0.25) is 5.02 Å². The molecule has 0 fully saturated rings. The van der Waals surface area contributed by atoms with Crippen LogP contribution in [-0.4, -0.2) is 4.57 Å². The topological polar surface area (TPSA) is 17.0 Å². The molecule has 1 aromatic carbocycles. The van der Waals surface area contributed by atoms with Gasteiger partial charge in [-0.1, -0.05) is 11.6 Å². The minimum absolute atomic E-state index is 0.322. The molecule has 1 aromatic heterocycles. The Balaban J connectivity index is 2.14. The molecule has 2 aromatic rings. The maximum atomic E-state index is 12.9. The van der Waals surface area contributed by atoms with E-state index in [-0.39, 0.29) is 5.82 Å². The summed E-state index contributed by atoms with van der Waals surface area (Å²) >= 11 is 5.96. The number of rotatable bonds is 3. The SMILES string of the molecule is Cc1cc(CNc2ccc(F)cc2Cl)c(C)n1C. The zero-order valence-corrected chi connectivity index (χ0v) is 11.5. The lowest BCUT2D eigenvalue weighted by Crippen LogP contribution is -2.02. The van der Waals surface area contributed by atoms with Crippen LogP contribution in [0.1, 0.15) is 17.0 Å². The van der Waals surface area contributed by atoms with Crippen molar-refractivity contribution in [2.75, 3.05) is 5.32 Å². The zero-order valence-electron chi connectivity index (χ0n) is 10.7. The molecule has 0 saturated carbocycles. The molecule has 0 radical (unpaired) electrons. The van der Waals surface area contributed by atoms with Crippen LogP contribution in [0.4, 0.5) is 10.1 Å². The second kappa shape index (κ2) is 5.02. The lowest BCUT2D eigenvalue weighted by molar-refractivity contribution is 0.628. The van der Waals surface area contributed by atoms with Gasteiger partial charge in [-0.2, -0.15) is 0 Å². The summed E-state index contributed by atoms with van der Waals surface area (Å²) in [6.07, 6.45) is 0. The molecule has 0 atom stereocenters. The number of anilines is 1. The van der Waals surface area contributed by atoms with Crippen molar-refractivity contribution in [3.63, 3.8) is 0 Å². The van der Waals surface area contributed by atoms with Crippen LogP contribution in [0.3, 0.4) is 0 Å². The molecule has 0 amide bonds. The smallest absolute Gasteiger partial charge is 0.124 e. The zero-order chi connectivity index (χ0) is 13.3. The predicted octanol–water partition coefficient (Wildman–Crippen LogP) is 4.05. The minimum Gasteiger partial charge on any atom is -0.380 e. The third-order valence-corrected chi connectivity index (χ3v) is 3.59. The van der Waals surface area contributed by atoms with Gasteiger partial charge in [0.25, 0.3) is 0 Å². The van der Waals surface area contributed by atoms with Gasteiger partial charge < -0.3 is 9.88 Å². The number of nitrogens with zero attached hydrogens (tertiary/aromatic N) is 1. The maximum absolute atomic E-state index is 12.9. The first kappa shape index (κ1) is 13.0.